The summed E-state index contributed by atoms with van der Waals surface area (Å²) in [5.74, 6) is -0.525. The van der Waals surface area contributed by atoms with Gasteiger partial charge < -0.3 is 14.8 Å². The van der Waals surface area contributed by atoms with E-state index in [4.69, 9.17) is 9.47 Å². The molecule has 0 aliphatic carbocycles. The predicted octanol–water partition coefficient (Wildman–Crippen LogP) is 4.03. The summed E-state index contributed by atoms with van der Waals surface area (Å²) in [5, 5.41) is 9.46. The van der Waals surface area contributed by atoms with Crippen molar-refractivity contribution in [3.63, 3.8) is 0 Å². The Morgan fingerprint density at radius 1 is 1.09 bits per heavy atom. The lowest BCUT2D eigenvalue weighted by Crippen LogP contribution is -2.31. The second-order valence-electron chi connectivity index (χ2n) is 7.04. The zero-order valence-corrected chi connectivity index (χ0v) is 18.8. The van der Waals surface area contributed by atoms with Crippen LogP contribution in [0.25, 0.3) is 16.5 Å². The van der Waals surface area contributed by atoms with Crippen LogP contribution < -0.4 is 15.6 Å². The van der Waals surface area contributed by atoms with E-state index in [2.05, 4.69) is 10.4 Å². The molecule has 2 heterocycles. The Hall–Kier alpha value is -3.98. The number of amides is 1. The average molecular weight is 464 g/mol. The number of benzene rings is 2. The molecular formula is C24H21N3O5S. The number of nitrogens with zero attached hydrogens (tertiary/aromatic N) is 2. The first-order valence-electron chi connectivity index (χ1n) is 10.3. The lowest BCUT2D eigenvalue weighted by Gasteiger charge is -2.14. The normalized spacial score (nSPS) is 11.7. The van der Waals surface area contributed by atoms with E-state index in [0.29, 0.717) is 21.8 Å². The molecule has 0 fully saturated rings. The van der Waals surface area contributed by atoms with Crippen molar-refractivity contribution in [1.82, 2.24) is 9.78 Å². The zero-order valence-electron chi connectivity index (χ0n) is 18.0. The third-order valence-corrected chi connectivity index (χ3v) is 5.68. The van der Waals surface area contributed by atoms with Crippen LogP contribution in [0.1, 0.15) is 24.3 Å². The van der Waals surface area contributed by atoms with E-state index in [1.807, 2.05) is 24.3 Å². The molecule has 9 heteroatoms. The molecule has 8 nitrogen and oxygen atoms in total. The van der Waals surface area contributed by atoms with E-state index >= 15 is 0 Å². The highest BCUT2D eigenvalue weighted by molar-refractivity contribution is 7.16. The van der Waals surface area contributed by atoms with E-state index in [0.717, 1.165) is 16.0 Å². The molecule has 0 saturated heterocycles. The number of aromatic nitrogens is 2. The van der Waals surface area contributed by atoms with Gasteiger partial charge in [0.15, 0.2) is 11.8 Å². The molecular weight excluding hydrogens is 442 g/mol. The summed E-state index contributed by atoms with van der Waals surface area (Å²) in [6.45, 7) is 3.47. The minimum atomic E-state index is -0.813. The second-order valence-corrected chi connectivity index (χ2v) is 7.92. The van der Waals surface area contributed by atoms with Gasteiger partial charge in [-0.1, -0.05) is 36.4 Å². The quantitative estimate of drug-likeness (QED) is 0.416. The number of thiophene rings is 1. The van der Waals surface area contributed by atoms with Crippen molar-refractivity contribution in [1.29, 1.82) is 0 Å². The van der Waals surface area contributed by atoms with E-state index in [9.17, 15) is 14.4 Å². The Labute approximate surface area is 193 Å². The third kappa shape index (κ3) is 4.63. The van der Waals surface area contributed by atoms with Gasteiger partial charge in [-0.3, -0.25) is 9.59 Å². The summed E-state index contributed by atoms with van der Waals surface area (Å²) in [5.41, 5.74) is 0.0252. The van der Waals surface area contributed by atoms with Crippen LogP contribution in [0, 0.1) is 0 Å². The van der Waals surface area contributed by atoms with Crippen LogP contribution in [0.3, 0.4) is 0 Å². The van der Waals surface area contributed by atoms with Gasteiger partial charge in [0.2, 0.25) is 0 Å². The van der Waals surface area contributed by atoms with Crippen LogP contribution in [-0.2, 0) is 9.53 Å². The number of anilines is 1. The number of para-hydroxylation sites is 2. The summed E-state index contributed by atoms with van der Waals surface area (Å²) < 4.78 is 12.0. The smallest absolute Gasteiger partial charge is 0.359 e. The summed E-state index contributed by atoms with van der Waals surface area (Å²) >= 11 is 1.13. The van der Waals surface area contributed by atoms with Gasteiger partial charge in [0, 0.05) is 10.8 Å². The summed E-state index contributed by atoms with van der Waals surface area (Å²) in [6.07, 6.45) is -0.813. The fraction of sp³-hybridized carbons (Fsp3) is 0.167. The van der Waals surface area contributed by atoms with Crippen molar-refractivity contribution in [2.24, 2.45) is 0 Å². The molecule has 2 aromatic carbocycles. The second kappa shape index (κ2) is 9.66. The molecule has 0 aliphatic rings. The SMILES string of the molecule is CCOC(=O)c1nn(-c2ccccc2)c(=O)c2c(NC(=O)C(C)Oc3ccccc3)scc12. The molecule has 33 heavy (non-hydrogen) atoms. The van der Waals surface area contributed by atoms with Crippen molar-refractivity contribution in [3.05, 3.63) is 82.1 Å². The molecule has 1 unspecified atom stereocenters. The molecule has 168 valence electrons. The highest BCUT2D eigenvalue weighted by atomic mass is 32.1. The number of fused-ring (bicyclic) bond motifs is 1. The Morgan fingerprint density at radius 3 is 2.42 bits per heavy atom. The number of carbonyl (C=O) groups is 2. The summed E-state index contributed by atoms with van der Waals surface area (Å²) in [6, 6.07) is 17.7. The van der Waals surface area contributed by atoms with Gasteiger partial charge in [0.25, 0.3) is 11.5 Å². The summed E-state index contributed by atoms with van der Waals surface area (Å²) in [4.78, 5) is 38.8. The van der Waals surface area contributed by atoms with Crippen LogP contribution in [-0.4, -0.2) is 34.4 Å². The van der Waals surface area contributed by atoms with Crippen molar-refractivity contribution in [2.75, 3.05) is 11.9 Å². The molecule has 4 rings (SSSR count). The maximum Gasteiger partial charge on any atom is 0.359 e. The number of hydrogen-bond donors (Lipinski definition) is 1. The number of nitrogens with one attached hydrogen (secondary N) is 1. The molecule has 2 aromatic heterocycles. The van der Waals surface area contributed by atoms with Crippen LogP contribution in [0.5, 0.6) is 5.75 Å². The van der Waals surface area contributed by atoms with Gasteiger partial charge in [0.1, 0.15) is 10.8 Å². The van der Waals surface area contributed by atoms with Crippen LogP contribution in [0.4, 0.5) is 5.00 Å². The van der Waals surface area contributed by atoms with Crippen molar-refractivity contribution < 1.29 is 19.1 Å². The minimum Gasteiger partial charge on any atom is -0.481 e. The Kier molecular flexibility index (Phi) is 6.50. The monoisotopic (exact) mass is 463 g/mol. The maximum absolute atomic E-state index is 13.4. The van der Waals surface area contributed by atoms with Crippen LogP contribution in [0.15, 0.2) is 70.8 Å². The average Bonchev–Trinajstić information content (AvgIpc) is 3.24. The van der Waals surface area contributed by atoms with E-state index < -0.39 is 23.5 Å². The highest BCUT2D eigenvalue weighted by Crippen LogP contribution is 2.31. The van der Waals surface area contributed by atoms with E-state index in [1.54, 1.807) is 55.6 Å². The van der Waals surface area contributed by atoms with Crippen molar-refractivity contribution in [2.45, 2.75) is 20.0 Å². The first kappa shape index (κ1) is 22.2. The van der Waals surface area contributed by atoms with E-state index in [1.165, 1.54) is 0 Å². The number of ether oxygens (including phenoxy) is 2. The molecule has 0 spiro atoms. The molecule has 1 atom stereocenters. The molecule has 0 saturated carbocycles. The Bertz CT molecular complexity index is 1350. The lowest BCUT2D eigenvalue weighted by atomic mass is 10.2. The van der Waals surface area contributed by atoms with Gasteiger partial charge in [-0.15, -0.1) is 11.3 Å². The van der Waals surface area contributed by atoms with Gasteiger partial charge >= 0.3 is 5.97 Å². The van der Waals surface area contributed by atoms with Crippen molar-refractivity contribution >= 4 is 39.0 Å². The largest absolute Gasteiger partial charge is 0.481 e. The topological polar surface area (TPSA) is 99.5 Å². The van der Waals surface area contributed by atoms with Crippen LogP contribution in [0.2, 0.25) is 0 Å². The fourth-order valence-corrected chi connectivity index (χ4v) is 4.15. The van der Waals surface area contributed by atoms with Gasteiger partial charge in [-0.05, 0) is 38.1 Å². The van der Waals surface area contributed by atoms with Crippen molar-refractivity contribution in [3.8, 4) is 11.4 Å². The number of rotatable bonds is 7. The Balaban J connectivity index is 1.75. The fourth-order valence-electron chi connectivity index (χ4n) is 3.21. The molecule has 1 N–H and O–H groups in total. The minimum absolute atomic E-state index is 0.000589. The third-order valence-electron chi connectivity index (χ3n) is 4.78. The van der Waals surface area contributed by atoms with Crippen LogP contribution >= 0.6 is 11.3 Å². The lowest BCUT2D eigenvalue weighted by molar-refractivity contribution is -0.122. The molecule has 0 radical (unpaired) electrons. The number of carbonyl (C=O) groups excluding carboxylic acids is 2. The van der Waals surface area contributed by atoms with Gasteiger partial charge in [-0.25, -0.2) is 4.79 Å². The molecule has 0 aliphatic heterocycles. The number of esters is 1. The zero-order chi connectivity index (χ0) is 23.4. The first-order chi connectivity index (χ1) is 16.0. The van der Waals surface area contributed by atoms with Gasteiger partial charge in [-0.2, -0.15) is 9.78 Å². The Morgan fingerprint density at radius 2 is 1.76 bits per heavy atom. The molecule has 4 aromatic rings. The summed E-state index contributed by atoms with van der Waals surface area (Å²) in [7, 11) is 0. The predicted molar refractivity (Wildman–Crippen MR) is 126 cm³/mol. The van der Waals surface area contributed by atoms with E-state index in [-0.39, 0.29) is 17.7 Å². The first-order valence-corrected chi connectivity index (χ1v) is 11.2. The molecule has 1 amide bonds. The highest BCUT2D eigenvalue weighted by Gasteiger charge is 2.24. The standard InChI is InChI=1S/C24H21N3O5S/c1-3-31-24(30)20-18-14-33-22(25-21(28)15(2)32-17-12-8-5-9-13-17)19(18)23(29)27(26-20)16-10-6-4-7-11-16/h4-15H,3H2,1-2H3,(H,25,28). The molecule has 0 bridgehead atoms. The van der Waals surface area contributed by atoms with Gasteiger partial charge in [0.05, 0.1) is 17.7 Å². The maximum atomic E-state index is 13.4. The number of hydrogen-bond acceptors (Lipinski definition) is 7.